The Kier molecular flexibility index (Phi) is 6.74. The number of rotatable bonds is 6. The molecular formula is C29H27N3O4. The average molecular weight is 482 g/mol. The monoisotopic (exact) mass is 481 g/mol. The second-order valence-electron chi connectivity index (χ2n) is 8.63. The molecule has 2 amide bonds. The van der Waals surface area contributed by atoms with Gasteiger partial charge >= 0.3 is 0 Å². The number of hydrogen-bond acceptors (Lipinski definition) is 4. The topological polar surface area (TPSA) is 89.4 Å². The van der Waals surface area contributed by atoms with Crippen molar-refractivity contribution in [2.75, 3.05) is 10.6 Å². The van der Waals surface area contributed by atoms with E-state index in [1.54, 1.807) is 43.6 Å². The molecule has 0 aliphatic carbocycles. The number of ether oxygens (including phenoxy) is 1. The number of fused-ring (bicyclic) bond motifs is 1. The zero-order chi connectivity index (χ0) is 26.0. The van der Waals surface area contributed by atoms with Crippen LogP contribution in [0.4, 0.5) is 11.4 Å². The van der Waals surface area contributed by atoms with Gasteiger partial charge in [-0.25, -0.2) is 0 Å². The van der Waals surface area contributed by atoms with Crippen molar-refractivity contribution in [1.82, 2.24) is 4.57 Å². The van der Waals surface area contributed by atoms with Gasteiger partial charge in [-0.15, -0.1) is 0 Å². The first-order valence-electron chi connectivity index (χ1n) is 11.4. The highest BCUT2D eigenvalue weighted by Gasteiger charge is 2.17. The zero-order valence-corrected chi connectivity index (χ0v) is 20.6. The highest BCUT2D eigenvalue weighted by atomic mass is 16.5. The maximum absolute atomic E-state index is 13.0. The number of anilines is 2. The van der Waals surface area contributed by atoms with Gasteiger partial charge < -0.3 is 19.9 Å². The van der Waals surface area contributed by atoms with E-state index in [1.807, 2.05) is 38.1 Å². The lowest BCUT2D eigenvalue weighted by molar-refractivity contribution is -0.114. The van der Waals surface area contributed by atoms with Crippen LogP contribution in [0.3, 0.4) is 0 Å². The van der Waals surface area contributed by atoms with Crippen molar-refractivity contribution in [2.45, 2.75) is 20.8 Å². The summed E-state index contributed by atoms with van der Waals surface area (Å²) in [6, 6.07) is 16.5. The fourth-order valence-electron chi connectivity index (χ4n) is 4.13. The summed E-state index contributed by atoms with van der Waals surface area (Å²) in [6.45, 7) is 8.89. The van der Waals surface area contributed by atoms with E-state index in [4.69, 9.17) is 4.74 Å². The van der Waals surface area contributed by atoms with Gasteiger partial charge in [-0.2, -0.15) is 0 Å². The van der Waals surface area contributed by atoms with Gasteiger partial charge in [0.1, 0.15) is 11.5 Å². The lowest BCUT2D eigenvalue weighted by Crippen LogP contribution is -2.17. The molecule has 0 aliphatic rings. The highest BCUT2D eigenvalue weighted by Crippen LogP contribution is 2.40. The molecule has 1 aromatic heterocycles. The Morgan fingerprint density at radius 3 is 2.25 bits per heavy atom. The normalized spacial score (nSPS) is 10.7. The standard InChI is InChI=1S/C29H27N3O4/c1-6-27(34)31-21-11-13-26(36-28-17(2)8-7-9-18(28)3)23(14-21)25-16-32(5)29(35)24-15-20(30-19(4)33)10-12-22(24)25/h6-16H,1H2,2-5H3,(H,30,33)(H,31,34). The summed E-state index contributed by atoms with van der Waals surface area (Å²) >= 11 is 0. The summed E-state index contributed by atoms with van der Waals surface area (Å²) in [4.78, 5) is 36.6. The Morgan fingerprint density at radius 1 is 0.917 bits per heavy atom. The van der Waals surface area contributed by atoms with E-state index in [1.165, 1.54) is 17.6 Å². The van der Waals surface area contributed by atoms with E-state index in [0.717, 1.165) is 22.4 Å². The molecule has 4 aromatic rings. The van der Waals surface area contributed by atoms with E-state index in [-0.39, 0.29) is 17.4 Å². The van der Waals surface area contributed by atoms with Gasteiger partial charge in [0.05, 0.1) is 0 Å². The van der Waals surface area contributed by atoms with Gasteiger partial charge in [0.15, 0.2) is 0 Å². The predicted molar refractivity (Wildman–Crippen MR) is 144 cm³/mol. The number of hydrogen-bond donors (Lipinski definition) is 2. The Bertz CT molecular complexity index is 1560. The molecular weight excluding hydrogens is 454 g/mol. The second-order valence-corrected chi connectivity index (χ2v) is 8.63. The molecule has 36 heavy (non-hydrogen) atoms. The van der Waals surface area contributed by atoms with Gasteiger partial charge in [-0.3, -0.25) is 14.4 Å². The van der Waals surface area contributed by atoms with E-state index in [9.17, 15) is 14.4 Å². The van der Waals surface area contributed by atoms with Crippen LogP contribution in [0.2, 0.25) is 0 Å². The molecule has 0 spiro atoms. The zero-order valence-electron chi connectivity index (χ0n) is 20.6. The van der Waals surface area contributed by atoms with Crippen LogP contribution in [0.15, 0.2) is 78.2 Å². The van der Waals surface area contributed by atoms with Crippen molar-refractivity contribution in [3.63, 3.8) is 0 Å². The lowest BCUT2D eigenvalue weighted by atomic mass is 9.98. The first-order chi connectivity index (χ1) is 17.2. The number of carbonyl (C=O) groups excluding carboxylic acids is 2. The van der Waals surface area contributed by atoms with E-state index >= 15 is 0 Å². The van der Waals surface area contributed by atoms with Crippen LogP contribution in [0.1, 0.15) is 18.1 Å². The summed E-state index contributed by atoms with van der Waals surface area (Å²) in [7, 11) is 1.67. The second kappa shape index (κ2) is 9.92. The molecule has 0 aliphatic heterocycles. The molecule has 0 bridgehead atoms. The number of carbonyl (C=O) groups is 2. The smallest absolute Gasteiger partial charge is 0.258 e. The minimum Gasteiger partial charge on any atom is -0.456 e. The number of pyridine rings is 1. The van der Waals surface area contributed by atoms with Crippen molar-refractivity contribution in [3.05, 3.63) is 94.9 Å². The predicted octanol–water partition coefficient (Wildman–Crippen LogP) is 5.70. The summed E-state index contributed by atoms with van der Waals surface area (Å²) in [5.41, 5.74) is 4.27. The Balaban J connectivity index is 1.97. The molecule has 4 rings (SSSR count). The van der Waals surface area contributed by atoms with Crippen LogP contribution in [0, 0.1) is 13.8 Å². The molecule has 2 N–H and O–H groups in total. The number of benzene rings is 3. The van der Waals surface area contributed by atoms with E-state index in [2.05, 4.69) is 17.2 Å². The van der Waals surface area contributed by atoms with Crippen molar-refractivity contribution in [3.8, 4) is 22.6 Å². The quantitative estimate of drug-likeness (QED) is 0.346. The molecule has 0 saturated heterocycles. The first-order valence-corrected chi connectivity index (χ1v) is 11.4. The van der Waals surface area contributed by atoms with Crippen LogP contribution >= 0.6 is 0 Å². The summed E-state index contributed by atoms with van der Waals surface area (Å²) in [5, 5.41) is 6.65. The van der Waals surface area contributed by atoms with Gasteiger partial charge in [0, 0.05) is 48.1 Å². The molecule has 0 atom stereocenters. The highest BCUT2D eigenvalue weighted by molar-refractivity contribution is 6.02. The summed E-state index contributed by atoms with van der Waals surface area (Å²) in [5.74, 6) is 0.741. The van der Waals surface area contributed by atoms with E-state index < -0.39 is 0 Å². The largest absolute Gasteiger partial charge is 0.456 e. The molecule has 1 heterocycles. The van der Waals surface area contributed by atoms with Crippen molar-refractivity contribution < 1.29 is 14.3 Å². The minimum atomic E-state index is -0.338. The van der Waals surface area contributed by atoms with Crippen molar-refractivity contribution >= 4 is 34.0 Å². The van der Waals surface area contributed by atoms with Gasteiger partial charge in [-0.05, 0) is 66.8 Å². The Morgan fingerprint density at radius 2 is 1.58 bits per heavy atom. The van der Waals surface area contributed by atoms with Crippen LogP contribution in [0.5, 0.6) is 11.5 Å². The number of aryl methyl sites for hydroxylation is 3. The third kappa shape index (κ3) is 4.90. The lowest BCUT2D eigenvalue weighted by Gasteiger charge is -2.18. The third-order valence-electron chi connectivity index (χ3n) is 5.85. The fraction of sp³-hybridized carbons (Fsp3) is 0.138. The van der Waals surface area contributed by atoms with Crippen LogP contribution in [0.25, 0.3) is 21.9 Å². The van der Waals surface area contributed by atoms with Gasteiger partial charge in [0.2, 0.25) is 11.8 Å². The number of nitrogens with one attached hydrogen (secondary N) is 2. The molecule has 182 valence electrons. The van der Waals surface area contributed by atoms with Crippen LogP contribution < -0.4 is 20.9 Å². The molecule has 0 unspecified atom stereocenters. The Hall–Kier alpha value is -4.65. The molecule has 0 fully saturated rings. The molecule has 0 saturated carbocycles. The number of amides is 2. The maximum atomic E-state index is 13.0. The number of nitrogens with zero attached hydrogens (tertiary/aromatic N) is 1. The number of para-hydroxylation sites is 1. The maximum Gasteiger partial charge on any atom is 0.258 e. The molecule has 7 nitrogen and oxygen atoms in total. The summed E-state index contributed by atoms with van der Waals surface area (Å²) < 4.78 is 7.92. The van der Waals surface area contributed by atoms with Crippen molar-refractivity contribution in [1.29, 1.82) is 0 Å². The van der Waals surface area contributed by atoms with Crippen molar-refractivity contribution in [2.24, 2.45) is 7.05 Å². The minimum absolute atomic E-state index is 0.200. The molecule has 7 heteroatoms. The van der Waals surface area contributed by atoms with Crippen LogP contribution in [-0.2, 0) is 16.6 Å². The SMILES string of the molecule is C=CC(=O)Nc1ccc(Oc2c(C)cccc2C)c(-c2cn(C)c(=O)c3cc(NC(C)=O)ccc23)c1. The molecule has 3 aromatic carbocycles. The number of aromatic nitrogens is 1. The average Bonchev–Trinajstić information content (AvgIpc) is 2.84. The third-order valence-corrected chi connectivity index (χ3v) is 5.85. The molecule has 0 radical (unpaired) electrons. The van der Waals surface area contributed by atoms with E-state index in [0.29, 0.717) is 33.5 Å². The van der Waals surface area contributed by atoms with Gasteiger partial charge in [-0.1, -0.05) is 30.8 Å². The summed E-state index contributed by atoms with van der Waals surface area (Å²) in [6.07, 6.45) is 2.95. The Labute approximate surface area is 209 Å². The first kappa shape index (κ1) is 24.5. The van der Waals surface area contributed by atoms with Crippen LogP contribution in [-0.4, -0.2) is 16.4 Å². The fourth-order valence-corrected chi connectivity index (χ4v) is 4.13. The van der Waals surface area contributed by atoms with Gasteiger partial charge in [0.25, 0.3) is 5.56 Å².